The first-order valence-corrected chi connectivity index (χ1v) is 10.8. The van der Waals surface area contributed by atoms with Crippen molar-refractivity contribution in [2.75, 3.05) is 25.1 Å². The monoisotopic (exact) mass is 433 g/mol. The van der Waals surface area contributed by atoms with E-state index in [-0.39, 0.29) is 24.2 Å². The van der Waals surface area contributed by atoms with Crippen LogP contribution >= 0.6 is 11.3 Å². The highest BCUT2D eigenvalue weighted by Gasteiger charge is 2.27. The van der Waals surface area contributed by atoms with Gasteiger partial charge in [0.25, 0.3) is 0 Å². The molecule has 4 N–H and O–H groups in total. The number of rotatable bonds is 10. The Morgan fingerprint density at radius 3 is 2.80 bits per heavy atom. The van der Waals surface area contributed by atoms with Crippen LogP contribution in [0.25, 0.3) is 0 Å². The maximum absolute atomic E-state index is 12.7. The number of allylic oxidation sites excluding steroid dienone is 3. The second-order valence-electron chi connectivity index (χ2n) is 7.12. The molecule has 1 aliphatic rings. The summed E-state index contributed by atoms with van der Waals surface area (Å²) in [4.78, 5) is 27.1. The van der Waals surface area contributed by atoms with Crippen LogP contribution in [-0.4, -0.2) is 41.6 Å². The minimum absolute atomic E-state index is 0.115. The van der Waals surface area contributed by atoms with E-state index in [1.54, 1.807) is 17.1 Å². The Morgan fingerprint density at radius 1 is 1.47 bits per heavy atom. The summed E-state index contributed by atoms with van der Waals surface area (Å²) < 4.78 is 5.59. The molecule has 0 saturated heterocycles. The van der Waals surface area contributed by atoms with Gasteiger partial charge in [-0.2, -0.15) is 0 Å². The predicted molar refractivity (Wildman–Crippen MR) is 120 cm³/mol. The number of hydrogen-bond acceptors (Lipinski definition) is 6. The summed E-state index contributed by atoms with van der Waals surface area (Å²) >= 11 is 1.45. The van der Waals surface area contributed by atoms with Crippen LogP contribution in [0.3, 0.4) is 0 Å². The van der Waals surface area contributed by atoms with Crippen molar-refractivity contribution in [3.63, 3.8) is 0 Å². The van der Waals surface area contributed by atoms with Crippen molar-refractivity contribution in [2.24, 2.45) is 11.7 Å². The van der Waals surface area contributed by atoms with Crippen LogP contribution in [0, 0.1) is 5.92 Å². The van der Waals surface area contributed by atoms with E-state index in [1.165, 1.54) is 11.3 Å². The number of aliphatic hydroxyl groups is 1. The topological polar surface area (TPSA) is 105 Å². The molecule has 0 fully saturated rings. The van der Waals surface area contributed by atoms with Gasteiger partial charge in [0.1, 0.15) is 12.4 Å². The Morgan fingerprint density at radius 2 is 2.20 bits per heavy atom. The van der Waals surface area contributed by atoms with Crippen molar-refractivity contribution in [3.05, 3.63) is 52.6 Å². The average molecular weight is 434 g/mol. The number of ether oxygens (including phenoxy) is 1. The molecular formula is C22H31N3O4S. The zero-order chi connectivity index (χ0) is 22.3. The molecule has 164 valence electrons. The lowest BCUT2D eigenvalue weighted by Gasteiger charge is -2.26. The molecule has 0 aromatic carbocycles. The van der Waals surface area contributed by atoms with Crippen LogP contribution in [0.15, 0.2) is 36.6 Å². The summed E-state index contributed by atoms with van der Waals surface area (Å²) in [6.45, 7) is 12.9. The number of thiophene rings is 1. The van der Waals surface area contributed by atoms with Gasteiger partial charge in [-0.25, -0.2) is 0 Å². The highest BCUT2D eigenvalue weighted by molar-refractivity contribution is 7.16. The number of amides is 2. The lowest BCUT2D eigenvalue weighted by atomic mass is 9.96. The van der Waals surface area contributed by atoms with E-state index < -0.39 is 6.61 Å². The largest absolute Gasteiger partial charge is 0.494 e. The summed E-state index contributed by atoms with van der Waals surface area (Å²) in [6.07, 6.45) is 4.30. The van der Waals surface area contributed by atoms with E-state index in [0.29, 0.717) is 38.4 Å². The standard InChI is InChI=1S/C22H31N3O4S/c1-5-7-18(29-6-2)15(4)14(3)10-20(27)24-22-17(11-23)16-8-9-25(21(28)13-26)12-19(16)30-22/h5,7,14,26H,1,4,6,8-13,23H2,2-3H3,(H,24,27)/b18-7+. The van der Waals surface area contributed by atoms with Crippen LogP contribution < -0.4 is 11.1 Å². The normalized spacial score (nSPS) is 14.7. The van der Waals surface area contributed by atoms with Crippen molar-refractivity contribution in [1.29, 1.82) is 0 Å². The van der Waals surface area contributed by atoms with Gasteiger partial charge in [-0.05, 0) is 36.5 Å². The lowest BCUT2D eigenvalue weighted by molar-refractivity contribution is -0.135. The molecule has 1 unspecified atom stereocenters. The van der Waals surface area contributed by atoms with Gasteiger partial charge in [0.15, 0.2) is 0 Å². The summed E-state index contributed by atoms with van der Waals surface area (Å²) in [5.41, 5.74) is 8.73. The van der Waals surface area contributed by atoms with E-state index in [1.807, 2.05) is 13.8 Å². The van der Waals surface area contributed by atoms with Crippen molar-refractivity contribution >= 4 is 28.2 Å². The number of carbonyl (C=O) groups is 2. The first-order valence-electron chi connectivity index (χ1n) is 10.0. The number of nitrogens with zero attached hydrogens (tertiary/aromatic N) is 1. The Bertz CT molecular complexity index is 844. The fourth-order valence-corrected chi connectivity index (χ4v) is 4.74. The molecule has 1 atom stereocenters. The molecule has 8 heteroatoms. The highest BCUT2D eigenvalue weighted by atomic mass is 32.1. The molecule has 0 bridgehead atoms. The van der Waals surface area contributed by atoms with Crippen LogP contribution in [0.5, 0.6) is 0 Å². The number of aliphatic hydroxyl groups excluding tert-OH is 1. The summed E-state index contributed by atoms with van der Waals surface area (Å²) in [5, 5.41) is 12.8. The number of nitrogens with one attached hydrogen (secondary N) is 1. The van der Waals surface area contributed by atoms with E-state index in [0.717, 1.165) is 26.6 Å². The molecule has 1 aromatic heterocycles. The number of nitrogens with two attached hydrogens (primary N) is 1. The van der Waals surface area contributed by atoms with E-state index in [4.69, 9.17) is 15.6 Å². The summed E-state index contributed by atoms with van der Waals surface area (Å²) in [6, 6.07) is 0. The zero-order valence-corrected chi connectivity index (χ0v) is 18.5. The van der Waals surface area contributed by atoms with Gasteiger partial charge in [0, 0.05) is 30.0 Å². The Balaban J connectivity index is 2.09. The van der Waals surface area contributed by atoms with Crippen LogP contribution in [0.2, 0.25) is 0 Å². The minimum atomic E-state index is -0.500. The van der Waals surface area contributed by atoms with Crippen molar-refractivity contribution in [3.8, 4) is 0 Å². The Hall–Kier alpha value is -2.42. The molecular weight excluding hydrogens is 402 g/mol. The molecule has 0 spiro atoms. The van der Waals surface area contributed by atoms with E-state index >= 15 is 0 Å². The molecule has 1 aliphatic heterocycles. The smallest absolute Gasteiger partial charge is 0.248 e. The van der Waals surface area contributed by atoms with Crippen molar-refractivity contribution < 1.29 is 19.4 Å². The maximum atomic E-state index is 12.7. The van der Waals surface area contributed by atoms with Crippen LogP contribution in [0.1, 0.15) is 36.3 Å². The van der Waals surface area contributed by atoms with E-state index in [9.17, 15) is 9.59 Å². The minimum Gasteiger partial charge on any atom is -0.494 e. The summed E-state index contributed by atoms with van der Waals surface area (Å²) in [5.74, 6) is 0.0978. The van der Waals surface area contributed by atoms with Gasteiger partial charge in [-0.15, -0.1) is 11.3 Å². The average Bonchev–Trinajstić information content (AvgIpc) is 3.07. The van der Waals surface area contributed by atoms with Gasteiger partial charge in [0.05, 0.1) is 18.2 Å². The third-order valence-corrected chi connectivity index (χ3v) is 6.26. The Kier molecular flexibility index (Phi) is 8.83. The fraction of sp³-hybridized carbons (Fsp3) is 0.455. The van der Waals surface area contributed by atoms with Gasteiger partial charge >= 0.3 is 0 Å². The molecule has 1 aromatic rings. The fourth-order valence-electron chi connectivity index (χ4n) is 3.43. The second-order valence-corrected chi connectivity index (χ2v) is 8.22. The van der Waals surface area contributed by atoms with E-state index in [2.05, 4.69) is 18.5 Å². The molecule has 2 heterocycles. The number of anilines is 1. The Labute approximate surface area is 181 Å². The van der Waals surface area contributed by atoms with Crippen LogP contribution in [0.4, 0.5) is 5.00 Å². The first-order chi connectivity index (χ1) is 14.4. The SMILES string of the molecule is C=C/C=C(/OCC)C(=C)C(C)CC(=O)Nc1sc2c(c1CN)CCN(C(=O)CO)C2. The quantitative estimate of drug-likeness (QED) is 0.389. The third-order valence-electron chi connectivity index (χ3n) is 5.08. The zero-order valence-electron chi connectivity index (χ0n) is 17.7. The molecule has 2 amide bonds. The second kappa shape index (κ2) is 11.1. The summed E-state index contributed by atoms with van der Waals surface area (Å²) in [7, 11) is 0. The lowest BCUT2D eigenvalue weighted by Crippen LogP contribution is -2.37. The molecule has 0 radical (unpaired) electrons. The van der Waals surface area contributed by atoms with Crippen molar-refractivity contribution in [2.45, 2.75) is 39.8 Å². The number of hydrogen-bond donors (Lipinski definition) is 3. The molecule has 7 nitrogen and oxygen atoms in total. The maximum Gasteiger partial charge on any atom is 0.248 e. The van der Waals surface area contributed by atoms with Gasteiger partial charge < -0.3 is 25.8 Å². The molecule has 30 heavy (non-hydrogen) atoms. The highest BCUT2D eigenvalue weighted by Crippen LogP contribution is 2.37. The van der Waals surface area contributed by atoms with Gasteiger partial charge in [-0.3, -0.25) is 9.59 Å². The van der Waals surface area contributed by atoms with Gasteiger partial charge in [-0.1, -0.05) is 26.2 Å². The number of carbonyl (C=O) groups excluding carboxylic acids is 2. The first kappa shape index (κ1) is 23.9. The molecule has 0 aliphatic carbocycles. The van der Waals surface area contributed by atoms with Gasteiger partial charge in [0.2, 0.25) is 11.8 Å². The molecule has 0 saturated carbocycles. The molecule has 2 rings (SSSR count). The van der Waals surface area contributed by atoms with Crippen molar-refractivity contribution in [1.82, 2.24) is 4.90 Å². The number of fused-ring (bicyclic) bond motifs is 1. The third kappa shape index (κ3) is 5.59. The predicted octanol–water partition coefficient (Wildman–Crippen LogP) is 2.71. The van der Waals surface area contributed by atoms with Crippen LogP contribution in [-0.2, 0) is 33.8 Å².